The van der Waals surface area contributed by atoms with E-state index >= 15 is 0 Å². The van der Waals surface area contributed by atoms with Crippen molar-refractivity contribution in [3.63, 3.8) is 0 Å². The summed E-state index contributed by atoms with van der Waals surface area (Å²) in [5.41, 5.74) is 0.235. The van der Waals surface area contributed by atoms with Crippen LogP contribution in [0.3, 0.4) is 0 Å². The van der Waals surface area contributed by atoms with Crippen LogP contribution in [0.25, 0.3) is 11.4 Å². The van der Waals surface area contributed by atoms with E-state index in [-0.39, 0.29) is 29.8 Å². The van der Waals surface area contributed by atoms with Gasteiger partial charge < -0.3 is 30.1 Å². The molecule has 3 saturated carbocycles. The summed E-state index contributed by atoms with van der Waals surface area (Å²) in [4.78, 5) is 8.35. The molecule has 5 fully saturated rings. The topological polar surface area (TPSA) is 143 Å². The number of imidazole rings is 1. The van der Waals surface area contributed by atoms with Crippen molar-refractivity contribution in [2.24, 2.45) is 22.7 Å². The number of benzene rings is 1. The predicted octanol–water partition coefficient (Wildman–Crippen LogP) is 1.93. The number of nitrogens with one attached hydrogen (secondary N) is 1. The Morgan fingerprint density at radius 2 is 1.83 bits per heavy atom. The van der Waals surface area contributed by atoms with E-state index in [0.29, 0.717) is 36.3 Å². The standard InChI is InChI=1S/C27H31N3O5/c1-24(2)10-9-17(31)25-12-35-27(34,22(33)19(24)25)26-16(25)8-7-15(21(26)32)18-20(26)30-23(29-18)14-5-3-13(11-28)4-6-14/h3-6,15-17,19,21-22,31-34H,7-10,12H2,1-2H3,(H,29,30)/t15-,16?,17-,19?,21+,22-,25+,26?,27-/m0/s1. The smallest absolute Gasteiger partial charge is 0.206 e. The van der Waals surface area contributed by atoms with Crippen molar-refractivity contribution in [2.75, 3.05) is 6.61 Å². The van der Waals surface area contributed by atoms with E-state index < -0.39 is 34.9 Å². The number of rotatable bonds is 1. The zero-order valence-electron chi connectivity index (χ0n) is 19.9. The van der Waals surface area contributed by atoms with Crippen molar-refractivity contribution in [2.45, 2.75) is 75.0 Å². The quantitative estimate of drug-likeness (QED) is 0.422. The molecule has 4 bridgehead atoms. The SMILES string of the molecule is CC1(C)CC[C@H](O)[C@]23CO[C@@](O)([C@@H](O)C12)C12c4nc(-c5ccc(C#N)cc5)[nH]c4[C@H](CCC13)[C@H]2O. The number of hydrogen-bond acceptors (Lipinski definition) is 7. The fourth-order valence-electron chi connectivity index (χ4n) is 9.23. The number of aromatic nitrogens is 2. The molecule has 6 aliphatic rings. The van der Waals surface area contributed by atoms with Crippen LogP contribution in [0.1, 0.15) is 62.4 Å². The third-order valence-corrected chi connectivity index (χ3v) is 10.5. The second kappa shape index (κ2) is 6.53. The lowest BCUT2D eigenvalue weighted by atomic mass is 9.35. The van der Waals surface area contributed by atoms with Gasteiger partial charge in [0.15, 0.2) is 0 Å². The van der Waals surface area contributed by atoms with Crippen LogP contribution < -0.4 is 0 Å². The Bertz CT molecular complexity index is 1270. The van der Waals surface area contributed by atoms with E-state index in [1.165, 1.54) is 0 Å². The van der Waals surface area contributed by atoms with Gasteiger partial charge in [-0.05, 0) is 61.3 Å². The van der Waals surface area contributed by atoms with Gasteiger partial charge >= 0.3 is 0 Å². The molecular formula is C27H31N3O5. The Hall–Kier alpha value is -2.28. The fourth-order valence-corrected chi connectivity index (χ4v) is 9.23. The highest BCUT2D eigenvalue weighted by molar-refractivity contribution is 5.60. The molecule has 0 radical (unpaired) electrons. The largest absolute Gasteiger partial charge is 0.392 e. The Balaban J connectivity index is 1.46. The number of nitrogens with zero attached hydrogens (tertiary/aromatic N) is 2. The number of aromatic amines is 1. The zero-order chi connectivity index (χ0) is 24.5. The highest BCUT2D eigenvalue weighted by Crippen LogP contribution is 2.76. The molecule has 3 heterocycles. The highest BCUT2D eigenvalue weighted by atomic mass is 16.6. The molecule has 0 amide bonds. The normalized spacial score (nSPS) is 46.4. The van der Waals surface area contributed by atoms with Crippen LogP contribution in [-0.2, 0) is 10.2 Å². The molecule has 5 N–H and O–H groups in total. The maximum Gasteiger partial charge on any atom is 0.206 e. The summed E-state index contributed by atoms with van der Waals surface area (Å²) in [6.45, 7) is 4.36. The number of aliphatic hydroxyl groups excluding tert-OH is 3. The van der Waals surface area contributed by atoms with Gasteiger partial charge in [-0.2, -0.15) is 5.26 Å². The van der Waals surface area contributed by atoms with Crippen LogP contribution in [0.4, 0.5) is 0 Å². The number of nitriles is 1. The average molecular weight is 478 g/mol. The Kier molecular flexibility index (Phi) is 4.10. The van der Waals surface area contributed by atoms with Gasteiger partial charge in [0, 0.05) is 28.5 Å². The monoisotopic (exact) mass is 477 g/mol. The van der Waals surface area contributed by atoms with E-state index in [0.717, 1.165) is 17.7 Å². The van der Waals surface area contributed by atoms with Crippen molar-refractivity contribution >= 4 is 0 Å². The average Bonchev–Trinajstić information content (AvgIpc) is 3.32. The molecular weight excluding hydrogens is 446 g/mol. The molecule has 2 aromatic rings. The second-order valence-corrected chi connectivity index (χ2v) is 12.2. The van der Waals surface area contributed by atoms with Crippen LogP contribution in [0.5, 0.6) is 0 Å². The zero-order valence-corrected chi connectivity index (χ0v) is 19.9. The van der Waals surface area contributed by atoms with Crippen molar-refractivity contribution in [3.8, 4) is 17.5 Å². The molecule has 2 spiro atoms. The van der Waals surface area contributed by atoms with E-state index in [4.69, 9.17) is 15.0 Å². The summed E-state index contributed by atoms with van der Waals surface area (Å²) in [7, 11) is 0. The first-order chi connectivity index (χ1) is 16.6. The van der Waals surface area contributed by atoms with Crippen molar-refractivity contribution in [3.05, 3.63) is 41.2 Å². The molecule has 4 aliphatic carbocycles. The molecule has 2 saturated heterocycles. The van der Waals surface area contributed by atoms with Gasteiger partial charge in [-0.1, -0.05) is 13.8 Å². The molecule has 8 heteroatoms. The van der Waals surface area contributed by atoms with E-state index in [2.05, 4.69) is 24.9 Å². The minimum Gasteiger partial charge on any atom is -0.392 e. The van der Waals surface area contributed by atoms with E-state index in [9.17, 15) is 20.4 Å². The molecule has 8 nitrogen and oxygen atoms in total. The highest BCUT2D eigenvalue weighted by Gasteiger charge is 2.85. The maximum atomic E-state index is 12.3. The lowest BCUT2D eigenvalue weighted by molar-refractivity contribution is -0.449. The Labute approximate surface area is 203 Å². The number of H-pyrrole nitrogens is 1. The summed E-state index contributed by atoms with van der Waals surface area (Å²) < 4.78 is 6.16. The predicted molar refractivity (Wildman–Crippen MR) is 124 cm³/mol. The summed E-state index contributed by atoms with van der Waals surface area (Å²) in [5, 5.41) is 56.6. The molecule has 184 valence electrons. The summed E-state index contributed by atoms with van der Waals surface area (Å²) >= 11 is 0. The van der Waals surface area contributed by atoms with E-state index in [1.807, 2.05) is 12.1 Å². The molecule has 1 aromatic heterocycles. The first-order valence-corrected chi connectivity index (χ1v) is 12.6. The second-order valence-electron chi connectivity index (χ2n) is 12.2. The number of ether oxygens (including phenoxy) is 1. The van der Waals surface area contributed by atoms with Gasteiger partial charge in [0.05, 0.1) is 36.1 Å². The van der Waals surface area contributed by atoms with E-state index in [1.54, 1.807) is 12.1 Å². The van der Waals surface area contributed by atoms with Gasteiger partial charge in [-0.3, -0.25) is 0 Å². The third kappa shape index (κ3) is 2.21. The minimum absolute atomic E-state index is 0.155. The molecule has 35 heavy (non-hydrogen) atoms. The van der Waals surface area contributed by atoms with Gasteiger partial charge in [0.25, 0.3) is 0 Å². The first-order valence-electron chi connectivity index (χ1n) is 12.6. The van der Waals surface area contributed by atoms with Crippen LogP contribution in [0, 0.1) is 34.0 Å². The number of hydrogen-bond donors (Lipinski definition) is 5. The third-order valence-electron chi connectivity index (χ3n) is 10.5. The van der Waals surface area contributed by atoms with Crippen LogP contribution in [0.2, 0.25) is 0 Å². The van der Waals surface area contributed by atoms with Crippen molar-refractivity contribution in [1.29, 1.82) is 5.26 Å². The Morgan fingerprint density at radius 3 is 2.54 bits per heavy atom. The summed E-state index contributed by atoms with van der Waals surface area (Å²) in [5.74, 6) is -2.35. The van der Waals surface area contributed by atoms with Gasteiger partial charge in [0.1, 0.15) is 17.3 Å². The van der Waals surface area contributed by atoms with Crippen LogP contribution >= 0.6 is 0 Å². The molecule has 1 aromatic carbocycles. The minimum atomic E-state index is -2.02. The van der Waals surface area contributed by atoms with Crippen molar-refractivity contribution < 1.29 is 25.2 Å². The molecule has 9 atom stereocenters. The summed E-state index contributed by atoms with van der Waals surface area (Å²) in [6.07, 6.45) is -0.217. The fraction of sp³-hybridized carbons (Fsp3) is 0.630. The lowest BCUT2D eigenvalue weighted by Crippen LogP contribution is -2.86. The van der Waals surface area contributed by atoms with Crippen LogP contribution in [-0.4, -0.2) is 61.1 Å². The summed E-state index contributed by atoms with van der Waals surface area (Å²) in [6, 6.07) is 9.22. The lowest BCUT2D eigenvalue weighted by Gasteiger charge is -2.75. The first kappa shape index (κ1) is 22.0. The molecule has 2 aliphatic heterocycles. The van der Waals surface area contributed by atoms with Gasteiger partial charge in [-0.15, -0.1) is 0 Å². The van der Waals surface area contributed by atoms with Crippen molar-refractivity contribution in [1.82, 2.24) is 9.97 Å². The number of fused-ring (bicyclic) bond motifs is 4. The van der Waals surface area contributed by atoms with Crippen LogP contribution in [0.15, 0.2) is 24.3 Å². The van der Waals surface area contributed by atoms with Gasteiger partial charge in [0.2, 0.25) is 5.79 Å². The van der Waals surface area contributed by atoms with Gasteiger partial charge in [-0.25, -0.2) is 4.98 Å². The maximum absolute atomic E-state index is 12.3. The molecule has 3 unspecified atom stereocenters. The molecule has 8 rings (SSSR count). The Morgan fingerprint density at radius 1 is 1.09 bits per heavy atom. The number of aliphatic hydroxyl groups is 4.